The first-order valence-electron chi connectivity index (χ1n) is 17.1. The van der Waals surface area contributed by atoms with Crippen molar-refractivity contribution in [3.63, 3.8) is 0 Å². The van der Waals surface area contributed by atoms with Crippen LogP contribution in [0.5, 0.6) is 0 Å². The Bertz CT molecular complexity index is 2900. The van der Waals surface area contributed by atoms with E-state index in [4.69, 9.17) is 19.4 Å². The Morgan fingerprint density at radius 1 is 0.333 bits per heavy atom. The number of para-hydroxylation sites is 1. The van der Waals surface area contributed by atoms with Crippen LogP contribution in [-0.2, 0) is 0 Å². The molecule has 51 heavy (non-hydrogen) atoms. The van der Waals surface area contributed by atoms with Crippen LogP contribution in [0.4, 0.5) is 0 Å². The molecule has 10 aromatic rings. The molecule has 2 aromatic heterocycles. The molecular weight excluding hydrogens is 623 g/mol. The van der Waals surface area contributed by atoms with Gasteiger partial charge in [0.2, 0.25) is 0 Å². The molecule has 4 heteroatoms. The van der Waals surface area contributed by atoms with Crippen LogP contribution in [0.2, 0.25) is 0 Å². The topological polar surface area (TPSA) is 51.8 Å². The largest absolute Gasteiger partial charge is 0.455 e. The van der Waals surface area contributed by atoms with Crippen LogP contribution >= 0.6 is 0 Å². The Hall–Kier alpha value is -6.91. The molecule has 0 aliphatic heterocycles. The fourth-order valence-electron chi connectivity index (χ4n) is 7.22. The number of hydrogen-bond acceptors (Lipinski definition) is 4. The average Bonchev–Trinajstić information content (AvgIpc) is 3.60. The summed E-state index contributed by atoms with van der Waals surface area (Å²) in [5, 5.41) is 6.62. The lowest BCUT2D eigenvalue weighted by atomic mass is 9.97. The second-order valence-corrected chi connectivity index (χ2v) is 12.8. The Morgan fingerprint density at radius 3 is 1.69 bits per heavy atom. The third-order valence-corrected chi connectivity index (χ3v) is 9.72. The van der Waals surface area contributed by atoms with Gasteiger partial charge in [-0.05, 0) is 50.4 Å². The van der Waals surface area contributed by atoms with E-state index in [1.807, 2.05) is 12.1 Å². The second kappa shape index (κ2) is 11.9. The van der Waals surface area contributed by atoms with Gasteiger partial charge in [0.25, 0.3) is 0 Å². The molecule has 0 bridgehead atoms. The maximum absolute atomic E-state index is 6.77. The first-order valence-corrected chi connectivity index (χ1v) is 17.1. The van der Waals surface area contributed by atoms with Crippen LogP contribution in [0.1, 0.15) is 0 Å². The molecule has 0 radical (unpaired) electrons. The van der Waals surface area contributed by atoms with E-state index in [1.54, 1.807) is 0 Å². The molecule has 0 fully saturated rings. The van der Waals surface area contributed by atoms with Crippen molar-refractivity contribution in [1.29, 1.82) is 0 Å². The zero-order valence-corrected chi connectivity index (χ0v) is 27.5. The number of fused-ring (bicyclic) bond motifs is 6. The van der Waals surface area contributed by atoms with E-state index in [2.05, 4.69) is 164 Å². The molecule has 0 saturated carbocycles. The van der Waals surface area contributed by atoms with Crippen LogP contribution in [0.3, 0.4) is 0 Å². The van der Waals surface area contributed by atoms with Gasteiger partial charge in [-0.3, -0.25) is 0 Å². The monoisotopic (exact) mass is 651 g/mol. The summed E-state index contributed by atoms with van der Waals surface area (Å²) in [6.07, 6.45) is 0. The van der Waals surface area contributed by atoms with Crippen molar-refractivity contribution in [2.75, 3.05) is 0 Å². The van der Waals surface area contributed by atoms with Crippen molar-refractivity contribution in [1.82, 2.24) is 15.0 Å². The number of benzene rings is 8. The van der Waals surface area contributed by atoms with E-state index in [1.165, 1.54) is 10.9 Å². The summed E-state index contributed by atoms with van der Waals surface area (Å²) >= 11 is 0. The molecule has 0 aliphatic rings. The van der Waals surface area contributed by atoms with Gasteiger partial charge in [-0.1, -0.05) is 164 Å². The molecule has 238 valence electrons. The van der Waals surface area contributed by atoms with Crippen LogP contribution in [-0.4, -0.2) is 15.0 Å². The Kier molecular flexibility index (Phi) is 6.78. The van der Waals surface area contributed by atoms with E-state index in [0.717, 1.165) is 71.5 Å². The fourth-order valence-corrected chi connectivity index (χ4v) is 7.22. The van der Waals surface area contributed by atoms with Crippen molar-refractivity contribution >= 4 is 43.5 Å². The van der Waals surface area contributed by atoms with Gasteiger partial charge < -0.3 is 4.42 Å². The standard InChI is InChI=1S/C47H29N3O/c1-3-12-30(13-4-1)32-22-25-34(26-23-32)45-48-46(36-27-24-31-14-7-8-17-35(31)28-36)50-47(49-45)41-29-42-43(39-19-10-9-18-38(39)41)40-21-11-20-37(44(40)51-42)33-15-5-2-6-16-33/h1-29H. The van der Waals surface area contributed by atoms with Crippen LogP contribution in [0.15, 0.2) is 180 Å². The molecule has 0 atom stereocenters. The van der Waals surface area contributed by atoms with Gasteiger partial charge in [-0.15, -0.1) is 0 Å². The maximum Gasteiger partial charge on any atom is 0.164 e. The van der Waals surface area contributed by atoms with Crippen molar-refractivity contribution in [3.8, 4) is 56.4 Å². The summed E-state index contributed by atoms with van der Waals surface area (Å²) in [4.78, 5) is 15.4. The van der Waals surface area contributed by atoms with Crippen molar-refractivity contribution in [2.24, 2.45) is 0 Å². The zero-order chi connectivity index (χ0) is 33.7. The van der Waals surface area contributed by atoms with E-state index < -0.39 is 0 Å². The van der Waals surface area contributed by atoms with Crippen molar-refractivity contribution in [2.45, 2.75) is 0 Å². The first-order chi connectivity index (χ1) is 25.3. The number of aromatic nitrogens is 3. The molecule has 0 N–H and O–H groups in total. The van der Waals surface area contributed by atoms with E-state index in [-0.39, 0.29) is 0 Å². The molecular formula is C47H29N3O. The number of rotatable bonds is 5. The van der Waals surface area contributed by atoms with Gasteiger partial charge in [0.1, 0.15) is 11.2 Å². The van der Waals surface area contributed by atoms with Gasteiger partial charge in [-0.25, -0.2) is 15.0 Å². The molecule has 0 spiro atoms. The van der Waals surface area contributed by atoms with E-state index in [0.29, 0.717) is 17.5 Å². The molecule has 0 saturated heterocycles. The highest BCUT2D eigenvalue weighted by atomic mass is 16.3. The highest BCUT2D eigenvalue weighted by molar-refractivity contribution is 6.23. The van der Waals surface area contributed by atoms with Crippen molar-refractivity contribution in [3.05, 3.63) is 176 Å². The smallest absolute Gasteiger partial charge is 0.164 e. The fraction of sp³-hybridized carbons (Fsp3) is 0. The summed E-state index contributed by atoms with van der Waals surface area (Å²) in [5.41, 5.74) is 8.89. The lowest BCUT2D eigenvalue weighted by molar-refractivity contribution is 0.670. The lowest BCUT2D eigenvalue weighted by Gasteiger charge is -2.12. The third kappa shape index (κ3) is 5.04. The minimum absolute atomic E-state index is 0.595. The minimum atomic E-state index is 0.595. The number of hydrogen-bond donors (Lipinski definition) is 0. The van der Waals surface area contributed by atoms with Gasteiger partial charge in [0, 0.05) is 33.0 Å². The number of furan rings is 1. The molecule has 0 aliphatic carbocycles. The molecule has 2 heterocycles. The predicted octanol–water partition coefficient (Wildman–Crippen LogP) is 12.4. The third-order valence-electron chi connectivity index (χ3n) is 9.72. The van der Waals surface area contributed by atoms with Gasteiger partial charge >= 0.3 is 0 Å². The highest BCUT2D eigenvalue weighted by Crippen LogP contribution is 2.42. The van der Waals surface area contributed by atoms with E-state index >= 15 is 0 Å². The van der Waals surface area contributed by atoms with Crippen molar-refractivity contribution < 1.29 is 4.42 Å². The van der Waals surface area contributed by atoms with Crippen LogP contribution in [0, 0.1) is 0 Å². The summed E-state index contributed by atoms with van der Waals surface area (Å²) < 4.78 is 6.77. The maximum atomic E-state index is 6.77. The van der Waals surface area contributed by atoms with E-state index in [9.17, 15) is 0 Å². The number of nitrogens with zero attached hydrogens (tertiary/aromatic N) is 3. The lowest BCUT2D eigenvalue weighted by Crippen LogP contribution is -2.00. The van der Waals surface area contributed by atoms with Crippen LogP contribution in [0.25, 0.3) is 99.9 Å². The summed E-state index contributed by atoms with van der Waals surface area (Å²) in [5.74, 6) is 1.83. The molecule has 4 nitrogen and oxygen atoms in total. The Morgan fingerprint density at radius 2 is 0.902 bits per heavy atom. The highest BCUT2D eigenvalue weighted by Gasteiger charge is 2.20. The Balaban J connectivity index is 1.20. The predicted molar refractivity (Wildman–Crippen MR) is 209 cm³/mol. The second-order valence-electron chi connectivity index (χ2n) is 12.8. The minimum Gasteiger partial charge on any atom is -0.455 e. The van der Waals surface area contributed by atoms with Gasteiger partial charge in [0.05, 0.1) is 0 Å². The van der Waals surface area contributed by atoms with Gasteiger partial charge in [0.15, 0.2) is 17.5 Å². The SMILES string of the molecule is c1ccc(-c2ccc(-c3nc(-c4ccc5ccccc5c4)nc(-c4cc5oc6c(-c7ccccc7)cccc6c5c5ccccc45)n3)cc2)cc1. The first kappa shape index (κ1) is 29.0. The zero-order valence-electron chi connectivity index (χ0n) is 27.5. The summed E-state index contributed by atoms with van der Waals surface area (Å²) in [7, 11) is 0. The summed E-state index contributed by atoms with van der Waals surface area (Å²) in [6, 6.07) is 60.9. The normalized spacial score (nSPS) is 11.5. The molecule has 0 amide bonds. The molecule has 0 unspecified atom stereocenters. The molecule has 8 aromatic carbocycles. The van der Waals surface area contributed by atoms with Gasteiger partial charge in [-0.2, -0.15) is 0 Å². The van der Waals surface area contributed by atoms with Crippen LogP contribution < -0.4 is 0 Å². The summed E-state index contributed by atoms with van der Waals surface area (Å²) in [6.45, 7) is 0. The molecule has 10 rings (SSSR count). The average molecular weight is 652 g/mol. The Labute approximate surface area is 294 Å². The quantitative estimate of drug-likeness (QED) is 0.186.